The molecule has 2 atom stereocenters. The maximum Gasteiger partial charge on any atom is 0.0772 e. The standard InChI is InChI=1S/C17H30ClNO/c1-3-19(4-2)11-15(18)16(20)17-8-12-5-13(9-17)7-14(6-12)10-17/h12-16,20H,3-11H2,1-2H3/t12?,13?,14?,15-,16-,17?/m0/s1. The smallest absolute Gasteiger partial charge is 0.0772 e. The summed E-state index contributed by atoms with van der Waals surface area (Å²) in [5.41, 5.74) is 0.161. The number of nitrogens with zero attached hydrogens (tertiary/aromatic N) is 1. The van der Waals surface area contributed by atoms with E-state index in [1.165, 1.54) is 38.5 Å². The van der Waals surface area contributed by atoms with Gasteiger partial charge in [-0.1, -0.05) is 13.8 Å². The minimum atomic E-state index is -0.307. The topological polar surface area (TPSA) is 23.5 Å². The van der Waals surface area contributed by atoms with Crippen LogP contribution in [-0.4, -0.2) is 41.1 Å². The summed E-state index contributed by atoms with van der Waals surface area (Å²) in [6.07, 6.45) is 7.68. The van der Waals surface area contributed by atoms with Crippen molar-refractivity contribution < 1.29 is 5.11 Å². The molecule has 0 unspecified atom stereocenters. The molecule has 1 N–H and O–H groups in total. The van der Waals surface area contributed by atoms with E-state index >= 15 is 0 Å². The van der Waals surface area contributed by atoms with Gasteiger partial charge in [-0.05, 0) is 74.8 Å². The van der Waals surface area contributed by atoms with Crippen molar-refractivity contribution in [1.29, 1.82) is 0 Å². The molecule has 116 valence electrons. The van der Waals surface area contributed by atoms with Gasteiger partial charge < -0.3 is 10.0 Å². The zero-order chi connectivity index (χ0) is 14.3. The Morgan fingerprint density at radius 2 is 1.50 bits per heavy atom. The summed E-state index contributed by atoms with van der Waals surface area (Å²) >= 11 is 6.63. The number of aliphatic hydroxyl groups is 1. The highest BCUT2D eigenvalue weighted by molar-refractivity contribution is 6.21. The van der Waals surface area contributed by atoms with Crippen molar-refractivity contribution in [2.24, 2.45) is 23.2 Å². The van der Waals surface area contributed by atoms with Gasteiger partial charge in [0.15, 0.2) is 0 Å². The molecule has 4 aliphatic carbocycles. The largest absolute Gasteiger partial charge is 0.391 e. The molecule has 2 nitrogen and oxygen atoms in total. The number of aliphatic hydroxyl groups excluding tert-OH is 1. The molecule has 0 amide bonds. The van der Waals surface area contributed by atoms with Crippen LogP contribution >= 0.6 is 11.6 Å². The van der Waals surface area contributed by atoms with E-state index in [-0.39, 0.29) is 16.9 Å². The number of hydrogen-bond acceptors (Lipinski definition) is 2. The molecular formula is C17H30ClNO. The lowest BCUT2D eigenvalue weighted by atomic mass is 9.48. The van der Waals surface area contributed by atoms with Crippen molar-refractivity contribution in [3.8, 4) is 0 Å². The highest BCUT2D eigenvalue weighted by Gasteiger charge is 2.55. The molecule has 0 aliphatic heterocycles. The van der Waals surface area contributed by atoms with E-state index in [4.69, 9.17) is 11.6 Å². The molecule has 0 saturated heterocycles. The molecule has 0 aromatic rings. The average molecular weight is 300 g/mol. The Kier molecular flexibility index (Phi) is 4.37. The first-order valence-corrected chi connectivity index (χ1v) is 9.04. The number of hydrogen-bond donors (Lipinski definition) is 1. The Morgan fingerprint density at radius 1 is 1.05 bits per heavy atom. The first kappa shape index (κ1) is 15.1. The molecule has 20 heavy (non-hydrogen) atoms. The molecular weight excluding hydrogens is 270 g/mol. The van der Waals surface area contributed by atoms with Gasteiger partial charge in [0, 0.05) is 6.54 Å². The predicted octanol–water partition coefficient (Wildman–Crippen LogP) is 3.51. The summed E-state index contributed by atoms with van der Waals surface area (Å²) in [6.45, 7) is 7.21. The lowest BCUT2D eigenvalue weighted by molar-refractivity contribution is -0.121. The van der Waals surface area contributed by atoms with E-state index in [0.29, 0.717) is 0 Å². The minimum Gasteiger partial charge on any atom is -0.391 e. The van der Waals surface area contributed by atoms with Crippen LogP contribution in [0.2, 0.25) is 0 Å². The highest BCUT2D eigenvalue weighted by Crippen LogP contribution is 2.61. The van der Waals surface area contributed by atoms with Gasteiger partial charge in [0.25, 0.3) is 0 Å². The second-order valence-corrected chi connectivity index (χ2v) is 8.29. The maximum absolute atomic E-state index is 11.0. The SMILES string of the molecule is CCN(CC)C[C@H](Cl)[C@H](O)C12CC3CC(CC(C3)C1)C2. The Labute approximate surface area is 128 Å². The van der Waals surface area contributed by atoms with Gasteiger partial charge in [0.05, 0.1) is 11.5 Å². The van der Waals surface area contributed by atoms with Gasteiger partial charge in [-0.3, -0.25) is 0 Å². The summed E-state index contributed by atoms with van der Waals surface area (Å²) in [4.78, 5) is 2.33. The number of alkyl halides is 1. The van der Waals surface area contributed by atoms with Crippen LogP contribution in [0, 0.1) is 23.2 Å². The van der Waals surface area contributed by atoms with E-state index in [0.717, 1.165) is 37.4 Å². The average Bonchev–Trinajstić information content (AvgIpc) is 2.42. The second kappa shape index (κ2) is 5.78. The fourth-order valence-electron chi connectivity index (χ4n) is 5.75. The quantitative estimate of drug-likeness (QED) is 0.759. The summed E-state index contributed by atoms with van der Waals surface area (Å²) < 4.78 is 0. The Morgan fingerprint density at radius 3 is 1.90 bits per heavy atom. The summed E-state index contributed by atoms with van der Waals surface area (Å²) in [7, 11) is 0. The van der Waals surface area contributed by atoms with Crippen LogP contribution in [0.3, 0.4) is 0 Å². The molecule has 4 bridgehead atoms. The number of rotatable bonds is 6. The Bertz CT molecular complexity index is 307. The van der Waals surface area contributed by atoms with Crippen LogP contribution in [0.25, 0.3) is 0 Å². The zero-order valence-corrected chi connectivity index (χ0v) is 13.8. The highest BCUT2D eigenvalue weighted by atomic mass is 35.5. The van der Waals surface area contributed by atoms with Gasteiger partial charge in [0.2, 0.25) is 0 Å². The van der Waals surface area contributed by atoms with Crippen LogP contribution < -0.4 is 0 Å². The van der Waals surface area contributed by atoms with Crippen LogP contribution in [0.4, 0.5) is 0 Å². The molecule has 3 heteroatoms. The molecule has 4 aliphatic rings. The predicted molar refractivity (Wildman–Crippen MR) is 84.0 cm³/mol. The third kappa shape index (κ3) is 2.64. The third-order valence-corrected chi connectivity index (χ3v) is 6.76. The number of halogens is 1. The lowest BCUT2D eigenvalue weighted by Crippen LogP contribution is -2.55. The summed E-state index contributed by atoms with van der Waals surface area (Å²) in [5.74, 6) is 2.65. The van der Waals surface area contributed by atoms with Crippen molar-refractivity contribution in [1.82, 2.24) is 4.90 Å². The van der Waals surface area contributed by atoms with Crippen molar-refractivity contribution in [2.45, 2.75) is 63.9 Å². The zero-order valence-electron chi connectivity index (χ0n) is 13.0. The molecule has 0 heterocycles. The maximum atomic E-state index is 11.0. The van der Waals surface area contributed by atoms with Crippen LogP contribution in [-0.2, 0) is 0 Å². The third-order valence-electron chi connectivity index (χ3n) is 6.38. The van der Waals surface area contributed by atoms with Crippen molar-refractivity contribution in [2.75, 3.05) is 19.6 Å². The molecule has 4 rings (SSSR count). The van der Waals surface area contributed by atoms with Crippen LogP contribution in [0.5, 0.6) is 0 Å². The lowest BCUT2D eigenvalue weighted by Gasteiger charge is -2.59. The van der Waals surface area contributed by atoms with Crippen LogP contribution in [0.1, 0.15) is 52.4 Å². The van der Waals surface area contributed by atoms with E-state index in [1.807, 2.05) is 0 Å². The summed E-state index contributed by atoms with van der Waals surface area (Å²) in [6, 6.07) is 0. The van der Waals surface area contributed by atoms with Crippen molar-refractivity contribution in [3.05, 3.63) is 0 Å². The van der Waals surface area contributed by atoms with Gasteiger partial charge in [-0.2, -0.15) is 0 Å². The molecule has 0 aromatic heterocycles. The van der Waals surface area contributed by atoms with E-state index in [2.05, 4.69) is 18.7 Å². The van der Waals surface area contributed by atoms with E-state index in [1.54, 1.807) is 0 Å². The minimum absolute atomic E-state index is 0.105. The molecule has 0 radical (unpaired) electrons. The van der Waals surface area contributed by atoms with Crippen molar-refractivity contribution in [3.63, 3.8) is 0 Å². The van der Waals surface area contributed by atoms with E-state index in [9.17, 15) is 5.11 Å². The van der Waals surface area contributed by atoms with Gasteiger partial charge in [-0.15, -0.1) is 11.6 Å². The molecule has 0 aromatic carbocycles. The van der Waals surface area contributed by atoms with E-state index < -0.39 is 0 Å². The Hall–Kier alpha value is 0.210. The second-order valence-electron chi connectivity index (χ2n) is 7.73. The van der Waals surface area contributed by atoms with Crippen LogP contribution in [0.15, 0.2) is 0 Å². The monoisotopic (exact) mass is 299 g/mol. The molecule has 4 saturated carbocycles. The molecule has 0 spiro atoms. The van der Waals surface area contributed by atoms with Gasteiger partial charge in [0.1, 0.15) is 0 Å². The van der Waals surface area contributed by atoms with Crippen molar-refractivity contribution >= 4 is 11.6 Å². The molecule has 4 fully saturated rings. The van der Waals surface area contributed by atoms with Gasteiger partial charge in [-0.25, -0.2) is 0 Å². The fourth-order valence-corrected chi connectivity index (χ4v) is 6.21. The van der Waals surface area contributed by atoms with Gasteiger partial charge >= 0.3 is 0 Å². The normalized spacial score (nSPS) is 42.1. The first-order chi connectivity index (χ1) is 9.56. The first-order valence-electron chi connectivity index (χ1n) is 8.60. The Balaban J connectivity index is 1.68. The fraction of sp³-hybridized carbons (Fsp3) is 1.00. The summed E-state index contributed by atoms with van der Waals surface area (Å²) in [5, 5.41) is 10.9.